The molecule has 21 heavy (non-hydrogen) atoms. The van der Waals surface area contributed by atoms with Gasteiger partial charge < -0.3 is 5.32 Å². The van der Waals surface area contributed by atoms with Gasteiger partial charge in [0, 0.05) is 12.1 Å². The predicted octanol–water partition coefficient (Wildman–Crippen LogP) is 2.96. The van der Waals surface area contributed by atoms with Crippen molar-refractivity contribution in [2.45, 2.75) is 19.4 Å². The molecule has 2 aromatic heterocycles. The van der Waals surface area contributed by atoms with Crippen molar-refractivity contribution < 1.29 is 4.39 Å². The average molecular weight is 306 g/mol. The summed E-state index contributed by atoms with van der Waals surface area (Å²) < 4.78 is 14.5. The molecule has 0 radical (unpaired) electrons. The minimum absolute atomic E-state index is 0.112. The maximum Gasteiger partial charge on any atom is 0.255 e. The van der Waals surface area contributed by atoms with Crippen LogP contribution in [0.25, 0.3) is 5.78 Å². The van der Waals surface area contributed by atoms with Gasteiger partial charge in [-0.25, -0.2) is 4.39 Å². The maximum atomic E-state index is 12.9. The largest absolute Gasteiger partial charge is 0.367 e. The highest BCUT2D eigenvalue weighted by atomic mass is 35.5. The number of halogens is 2. The summed E-state index contributed by atoms with van der Waals surface area (Å²) in [7, 11) is 0. The monoisotopic (exact) mass is 305 g/mol. The predicted molar refractivity (Wildman–Crippen MR) is 79.0 cm³/mol. The Morgan fingerprint density at radius 1 is 1.33 bits per heavy atom. The van der Waals surface area contributed by atoms with E-state index in [-0.39, 0.29) is 11.9 Å². The fraction of sp³-hybridized carbons (Fsp3) is 0.214. The second-order valence-corrected chi connectivity index (χ2v) is 5.20. The summed E-state index contributed by atoms with van der Waals surface area (Å²) in [5, 5.41) is 7.77. The number of hydrogen-bond donors (Lipinski definition) is 1. The summed E-state index contributed by atoms with van der Waals surface area (Å²) in [6.45, 7) is 2.03. The zero-order chi connectivity index (χ0) is 14.8. The average Bonchev–Trinajstić information content (AvgIpc) is 2.89. The Morgan fingerprint density at radius 2 is 2.10 bits per heavy atom. The van der Waals surface area contributed by atoms with E-state index in [1.54, 1.807) is 22.7 Å². The quantitative estimate of drug-likeness (QED) is 0.753. The molecule has 3 aromatic rings. The van der Waals surface area contributed by atoms with Crippen LogP contribution in [0.3, 0.4) is 0 Å². The molecule has 0 spiro atoms. The lowest BCUT2D eigenvalue weighted by Gasteiger charge is -2.16. The zero-order valence-electron chi connectivity index (χ0n) is 11.3. The van der Waals surface area contributed by atoms with Crippen LogP contribution in [-0.2, 0) is 6.42 Å². The fourth-order valence-corrected chi connectivity index (χ4v) is 2.34. The van der Waals surface area contributed by atoms with E-state index in [9.17, 15) is 4.39 Å². The van der Waals surface area contributed by atoms with Crippen LogP contribution >= 0.6 is 11.6 Å². The van der Waals surface area contributed by atoms with Crippen molar-refractivity contribution in [1.82, 2.24) is 19.6 Å². The molecule has 0 aliphatic heterocycles. The van der Waals surface area contributed by atoms with Crippen molar-refractivity contribution in [3.63, 3.8) is 0 Å². The number of nitrogens with one attached hydrogen (secondary N) is 1. The lowest BCUT2D eigenvalue weighted by molar-refractivity contribution is 0.626. The highest BCUT2D eigenvalue weighted by molar-refractivity contribution is 6.29. The molecule has 3 rings (SSSR count). The lowest BCUT2D eigenvalue weighted by Crippen LogP contribution is -2.20. The van der Waals surface area contributed by atoms with E-state index < -0.39 is 0 Å². The van der Waals surface area contributed by atoms with Crippen molar-refractivity contribution in [2.75, 3.05) is 5.32 Å². The van der Waals surface area contributed by atoms with Crippen LogP contribution in [0.1, 0.15) is 12.5 Å². The molecule has 1 unspecified atom stereocenters. The highest BCUT2D eigenvalue weighted by Gasteiger charge is 2.10. The molecule has 0 saturated heterocycles. The molecule has 1 aromatic carbocycles. The Labute approximate surface area is 125 Å². The Kier molecular flexibility index (Phi) is 3.70. The van der Waals surface area contributed by atoms with E-state index in [4.69, 9.17) is 11.6 Å². The van der Waals surface area contributed by atoms with Crippen molar-refractivity contribution in [3.05, 3.63) is 53.2 Å². The first-order valence-electron chi connectivity index (χ1n) is 6.49. The molecule has 7 heteroatoms. The van der Waals surface area contributed by atoms with Crippen molar-refractivity contribution in [3.8, 4) is 0 Å². The van der Waals surface area contributed by atoms with Gasteiger partial charge in [0.25, 0.3) is 5.78 Å². The summed E-state index contributed by atoms with van der Waals surface area (Å²) in [5.41, 5.74) is 1.05. The van der Waals surface area contributed by atoms with E-state index in [0.29, 0.717) is 10.9 Å². The van der Waals surface area contributed by atoms with E-state index in [2.05, 4.69) is 20.4 Å². The van der Waals surface area contributed by atoms with Crippen molar-refractivity contribution in [2.24, 2.45) is 0 Å². The summed E-state index contributed by atoms with van der Waals surface area (Å²) in [5.74, 6) is 0.931. The first-order valence-corrected chi connectivity index (χ1v) is 6.87. The molecule has 0 bridgehead atoms. The van der Waals surface area contributed by atoms with Gasteiger partial charge in [-0.2, -0.15) is 19.6 Å². The Morgan fingerprint density at radius 3 is 2.86 bits per heavy atom. The number of nitrogens with zero attached hydrogens (tertiary/aromatic N) is 4. The summed E-state index contributed by atoms with van der Waals surface area (Å²) in [6.07, 6.45) is 2.17. The highest BCUT2D eigenvalue weighted by Crippen LogP contribution is 2.16. The smallest absolute Gasteiger partial charge is 0.255 e. The molecule has 0 fully saturated rings. The molecule has 1 N–H and O–H groups in total. The summed E-state index contributed by atoms with van der Waals surface area (Å²) in [6, 6.07) is 8.28. The molecular formula is C14H13ClFN5. The number of hydrogen-bond acceptors (Lipinski definition) is 4. The number of fused-ring (bicyclic) bond motifs is 1. The summed E-state index contributed by atoms with van der Waals surface area (Å²) in [4.78, 5) is 8.09. The molecule has 0 amide bonds. The SMILES string of the molecule is CC(Cc1ccc(F)cc1)Nc1cc(Cl)nc2ncnn12. The normalized spacial score (nSPS) is 12.5. The lowest BCUT2D eigenvalue weighted by atomic mass is 10.1. The van der Waals surface area contributed by atoms with Crippen molar-refractivity contribution >= 4 is 23.2 Å². The van der Waals surface area contributed by atoms with Crippen LogP contribution in [0.4, 0.5) is 10.2 Å². The van der Waals surface area contributed by atoms with Crippen LogP contribution in [0.2, 0.25) is 5.15 Å². The first kappa shape index (κ1) is 13.8. The molecule has 0 aliphatic rings. The van der Waals surface area contributed by atoms with E-state index in [1.165, 1.54) is 18.5 Å². The van der Waals surface area contributed by atoms with Gasteiger partial charge in [0.2, 0.25) is 0 Å². The van der Waals surface area contributed by atoms with Gasteiger partial charge in [-0.05, 0) is 31.0 Å². The first-order chi connectivity index (χ1) is 10.1. The van der Waals surface area contributed by atoms with Crippen LogP contribution < -0.4 is 5.32 Å². The third-order valence-corrected chi connectivity index (χ3v) is 3.26. The number of rotatable bonds is 4. The Hall–Kier alpha value is -2.21. The second kappa shape index (κ2) is 5.65. The van der Waals surface area contributed by atoms with Gasteiger partial charge >= 0.3 is 0 Å². The standard InChI is InChI=1S/C14H13ClFN5/c1-9(6-10-2-4-11(16)5-3-10)19-13-7-12(15)20-14-17-8-18-21(13)14/h2-5,7-9,19H,6H2,1H3. The molecule has 1 atom stereocenters. The molecule has 5 nitrogen and oxygen atoms in total. The number of anilines is 1. The van der Waals surface area contributed by atoms with E-state index in [1.807, 2.05) is 6.92 Å². The zero-order valence-corrected chi connectivity index (χ0v) is 12.0. The van der Waals surface area contributed by atoms with Gasteiger partial charge in [-0.1, -0.05) is 23.7 Å². The van der Waals surface area contributed by atoms with Gasteiger partial charge in [-0.15, -0.1) is 0 Å². The Bertz CT molecular complexity index is 756. The van der Waals surface area contributed by atoms with E-state index >= 15 is 0 Å². The minimum atomic E-state index is -0.232. The molecular weight excluding hydrogens is 293 g/mol. The molecule has 0 saturated carbocycles. The fourth-order valence-electron chi connectivity index (χ4n) is 2.16. The third kappa shape index (κ3) is 3.11. The van der Waals surface area contributed by atoms with Gasteiger partial charge in [0.05, 0.1) is 0 Å². The topological polar surface area (TPSA) is 55.1 Å². The van der Waals surface area contributed by atoms with Crippen molar-refractivity contribution in [1.29, 1.82) is 0 Å². The number of benzene rings is 1. The van der Waals surface area contributed by atoms with Crippen LogP contribution in [0.15, 0.2) is 36.7 Å². The molecule has 0 aliphatic carbocycles. The Balaban J connectivity index is 1.78. The maximum absolute atomic E-state index is 12.9. The minimum Gasteiger partial charge on any atom is -0.367 e. The van der Waals surface area contributed by atoms with Crippen LogP contribution in [0.5, 0.6) is 0 Å². The van der Waals surface area contributed by atoms with E-state index in [0.717, 1.165) is 17.8 Å². The van der Waals surface area contributed by atoms with Crippen LogP contribution in [-0.4, -0.2) is 25.6 Å². The van der Waals surface area contributed by atoms with Gasteiger partial charge in [-0.3, -0.25) is 0 Å². The second-order valence-electron chi connectivity index (χ2n) is 4.81. The summed E-state index contributed by atoms with van der Waals surface area (Å²) >= 11 is 5.97. The van der Waals surface area contributed by atoms with Gasteiger partial charge in [0.1, 0.15) is 23.1 Å². The van der Waals surface area contributed by atoms with Gasteiger partial charge in [0.15, 0.2) is 0 Å². The van der Waals surface area contributed by atoms with Crippen LogP contribution in [0, 0.1) is 5.82 Å². The molecule has 2 heterocycles. The molecule has 108 valence electrons. The number of aromatic nitrogens is 4. The third-order valence-electron chi connectivity index (χ3n) is 3.07.